The Balaban J connectivity index is 1.73. The van der Waals surface area contributed by atoms with Gasteiger partial charge in [0.2, 0.25) is 0 Å². The van der Waals surface area contributed by atoms with E-state index >= 15 is 0 Å². The number of rotatable bonds is 5. The lowest BCUT2D eigenvalue weighted by Crippen LogP contribution is -2.28. The van der Waals surface area contributed by atoms with E-state index in [2.05, 4.69) is 10.1 Å². The molecular formula is C12H15N3O4S2. The Hall–Kier alpha value is -1.29. The molecule has 3 rings (SSSR count). The topological polar surface area (TPSA) is 85.5 Å². The maximum absolute atomic E-state index is 12.4. The average molecular weight is 329 g/mol. The van der Waals surface area contributed by atoms with Gasteiger partial charge < -0.3 is 9.26 Å². The van der Waals surface area contributed by atoms with E-state index in [1.54, 1.807) is 24.6 Å². The molecule has 1 saturated heterocycles. The van der Waals surface area contributed by atoms with E-state index in [4.69, 9.17) is 9.26 Å². The molecule has 0 amide bonds. The molecule has 0 spiro atoms. The van der Waals surface area contributed by atoms with Crippen LogP contribution in [0.3, 0.4) is 0 Å². The van der Waals surface area contributed by atoms with Crippen molar-refractivity contribution in [3.8, 4) is 0 Å². The van der Waals surface area contributed by atoms with Crippen molar-refractivity contribution in [2.75, 3.05) is 20.2 Å². The molecule has 7 nitrogen and oxygen atoms in total. The molecule has 114 valence electrons. The number of nitrogens with zero attached hydrogens (tertiary/aromatic N) is 3. The Bertz CT molecular complexity index is 696. The van der Waals surface area contributed by atoms with Gasteiger partial charge in [0.05, 0.1) is 0 Å². The Kier molecular flexibility index (Phi) is 4.07. The Morgan fingerprint density at radius 1 is 1.57 bits per heavy atom. The molecule has 2 aromatic rings. The molecule has 1 atom stereocenters. The molecule has 9 heteroatoms. The van der Waals surface area contributed by atoms with E-state index < -0.39 is 10.0 Å². The normalized spacial score (nSPS) is 20.1. The van der Waals surface area contributed by atoms with Gasteiger partial charge in [-0.15, -0.1) is 11.3 Å². The number of sulfonamides is 1. The van der Waals surface area contributed by atoms with Crippen LogP contribution in [0.4, 0.5) is 0 Å². The minimum atomic E-state index is -3.40. The van der Waals surface area contributed by atoms with Crippen LogP contribution in [0.2, 0.25) is 0 Å². The van der Waals surface area contributed by atoms with Crippen molar-refractivity contribution in [2.24, 2.45) is 0 Å². The maximum Gasteiger partial charge on any atom is 0.252 e. The van der Waals surface area contributed by atoms with Gasteiger partial charge >= 0.3 is 0 Å². The van der Waals surface area contributed by atoms with Crippen molar-refractivity contribution in [1.82, 2.24) is 14.4 Å². The summed E-state index contributed by atoms with van der Waals surface area (Å²) in [4.78, 5) is 4.24. The van der Waals surface area contributed by atoms with Gasteiger partial charge in [-0.1, -0.05) is 11.2 Å². The first-order valence-corrected chi connectivity index (χ1v) is 8.78. The summed E-state index contributed by atoms with van der Waals surface area (Å²) in [5.41, 5.74) is 0. The predicted molar refractivity (Wildman–Crippen MR) is 75.4 cm³/mol. The number of thiophene rings is 1. The Morgan fingerprint density at radius 3 is 3.14 bits per heavy atom. The van der Waals surface area contributed by atoms with E-state index in [0.717, 1.165) is 0 Å². The van der Waals surface area contributed by atoms with Crippen LogP contribution in [0.5, 0.6) is 0 Å². The SMILES string of the molecule is COCc1nc(C2CCN(S(=O)(=O)c3cccs3)C2)no1. The lowest BCUT2D eigenvalue weighted by atomic mass is 10.1. The van der Waals surface area contributed by atoms with Crippen molar-refractivity contribution < 1.29 is 17.7 Å². The number of hydrogen-bond donors (Lipinski definition) is 0. The largest absolute Gasteiger partial charge is 0.375 e. The average Bonchev–Trinajstić information content (AvgIpc) is 3.20. The summed E-state index contributed by atoms with van der Waals surface area (Å²) in [6.45, 7) is 1.11. The van der Waals surface area contributed by atoms with Crippen molar-refractivity contribution in [1.29, 1.82) is 0 Å². The smallest absolute Gasteiger partial charge is 0.252 e. The van der Waals surface area contributed by atoms with Crippen molar-refractivity contribution in [3.05, 3.63) is 29.2 Å². The second-order valence-electron chi connectivity index (χ2n) is 4.76. The summed E-state index contributed by atoms with van der Waals surface area (Å²) >= 11 is 1.23. The molecule has 1 unspecified atom stereocenters. The summed E-state index contributed by atoms with van der Waals surface area (Å²) in [5.74, 6) is 0.923. The fraction of sp³-hybridized carbons (Fsp3) is 0.500. The highest BCUT2D eigenvalue weighted by Crippen LogP contribution is 2.31. The first-order chi connectivity index (χ1) is 10.1. The quantitative estimate of drug-likeness (QED) is 0.825. The third kappa shape index (κ3) is 2.86. The molecule has 1 aliphatic rings. The minimum Gasteiger partial charge on any atom is -0.375 e. The summed E-state index contributed by atoms with van der Waals surface area (Å²) in [5, 5.41) is 5.67. The van der Waals surface area contributed by atoms with Crippen LogP contribution < -0.4 is 0 Å². The minimum absolute atomic E-state index is 0.0332. The molecule has 2 aromatic heterocycles. The van der Waals surface area contributed by atoms with E-state index in [1.165, 1.54) is 15.6 Å². The first-order valence-electron chi connectivity index (χ1n) is 6.46. The zero-order valence-corrected chi connectivity index (χ0v) is 13.1. The Morgan fingerprint density at radius 2 is 2.43 bits per heavy atom. The monoisotopic (exact) mass is 329 g/mol. The third-order valence-corrected chi connectivity index (χ3v) is 6.60. The van der Waals surface area contributed by atoms with Crippen molar-refractivity contribution in [3.63, 3.8) is 0 Å². The van der Waals surface area contributed by atoms with E-state index in [1.807, 2.05) is 0 Å². The number of ether oxygens (including phenoxy) is 1. The first kappa shape index (κ1) is 14.6. The summed E-state index contributed by atoms with van der Waals surface area (Å²) in [7, 11) is -1.85. The second-order valence-corrected chi connectivity index (χ2v) is 7.87. The molecule has 0 aliphatic carbocycles. The fourth-order valence-corrected chi connectivity index (χ4v) is 4.96. The number of aromatic nitrogens is 2. The summed E-state index contributed by atoms with van der Waals surface area (Å²) < 4.78 is 36.7. The fourth-order valence-electron chi connectivity index (χ4n) is 2.31. The van der Waals surface area contributed by atoms with Gasteiger partial charge in [0.25, 0.3) is 15.9 Å². The molecule has 0 radical (unpaired) electrons. The molecule has 1 fully saturated rings. The summed E-state index contributed by atoms with van der Waals surface area (Å²) in [6.07, 6.45) is 0.691. The lowest BCUT2D eigenvalue weighted by molar-refractivity contribution is 0.151. The third-order valence-electron chi connectivity index (χ3n) is 3.36. The van der Waals surface area contributed by atoms with Crippen LogP contribution in [-0.4, -0.2) is 43.1 Å². The summed E-state index contributed by atoms with van der Waals surface area (Å²) in [6, 6.07) is 3.36. The van der Waals surface area contributed by atoms with Gasteiger partial charge in [0.15, 0.2) is 5.82 Å². The van der Waals surface area contributed by atoms with Gasteiger partial charge in [-0.05, 0) is 17.9 Å². The molecule has 0 aromatic carbocycles. The molecule has 3 heterocycles. The van der Waals surface area contributed by atoms with Crippen molar-refractivity contribution in [2.45, 2.75) is 23.2 Å². The molecule has 0 N–H and O–H groups in total. The lowest BCUT2D eigenvalue weighted by Gasteiger charge is -2.14. The van der Waals surface area contributed by atoms with Crippen LogP contribution in [0.25, 0.3) is 0 Å². The van der Waals surface area contributed by atoms with Gasteiger partial charge in [-0.3, -0.25) is 0 Å². The molecular weight excluding hydrogens is 314 g/mol. The van der Waals surface area contributed by atoms with Gasteiger partial charge in [-0.25, -0.2) is 8.42 Å². The highest BCUT2D eigenvalue weighted by Gasteiger charge is 2.35. The number of hydrogen-bond acceptors (Lipinski definition) is 7. The van der Waals surface area contributed by atoms with E-state index in [9.17, 15) is 8.42 Å². The zero-order chi connectivity index (χ0) is 14.9. The Labute approximate surface area is 126 Å². The predicted octanol–water partition coefficient (Wildman–Crippen LogP) is 1.46. The van der Waals surface area contributed by atoms with Gasteiger partial charge in [-0.2, -0.15) is 9.29 Å². The molecule has 21 heavy (non-hydrogen) atoms. The standard InChI is InChI=1S/C12H15N3O4S2/c1-18-8-10-13-12(14-19-10)9-4-5-15(7-9)21(16,17)11-3-2-6-20-11/h2-3,6,9H,4-5,7-8H2,1H3. The highest BCUT2D eigenvalue weighted by atomic mass is 32.2. The van der Waals surface area contributed by atoms with Crippen LogP contribution in [0.1, 0.15) is 24.1 Å². The molecule has 0 bridgehead atoms. The number of methoxy groups -OCH3 is 1. The molecule has 0 saturated carbocycles. The van der Waals surface area contributed by atoms with Crippen LogP contribution in [0, 0.1) is 0 Å². The van der Waals surface area contributed by atoms with E-state index in [0.29, 0.717) is 35.4 Å². The second kappa shape index (κ2) is 5.84. The molecule has 1 aliphatic heterocycles. The van der Waals surface area contributed by atoms with Crippen LogP contribution in [-0.2, 0) is 21.4 Å². The van der Waals surface area contributed by atoms with Crippen molar-refractivity contribution >= 4 is 21.4 Å². The van der Waals surface area contributed by atoms with Crippen LogP contribution >= 0.6 is 11.3 Å². The maximum atomic E-state index is 12.4. The van der Waals surface area contributed by atoms with Gasteiger partial charge in [0.1, 0.15) is 10.8 Å². The zero-order valence-electron chi connectivity index (χ0n) is 11.4. The van der Waals surface area contributed by atoms with Gasteiger partial charge in [0, 0.05) is 26.1 Å². The highest BCUT2D eigenvalue weighted by molar-refractivity contribution is 7.91. The van der Waals surface area contributed by atoms with Crippen LogP contribution in [0.15, 0.2) is 26.2 Å². The van der Waals surface area contributed by atoms with E-state index in [-0.39, 0.29) is 12.5 Å².